The minimum Gasteiger partial charge on any atom is -0.406 e. The Kier molecular flexibility index (Phi) is 7.82. The van der Waals surface area contributed by atoms with E-state index >= 15 is 0 Å². The summed E-state index contributed by atoms with van der Waals surface area (Å²) in [6.07, 6.45) is -0.800. The summed E-state index contributed by atoms with van der Waals surface area (Å²) in [7, 11) is 0. The van der Waals surface area contributed by atoms with E-state index in [1.807, 2.05) is 0 Å². The summed E-state index contributed by atoms with van der Waals surface area (Å²) in [6, 6.07) is 8.70. The number of aliphatic hydroxyl groups is 1. The predicted octanol–water partition coefficient (Wildman–Crippen LogP) is 3.67. The molecule has 12 heteroatoms. The SMILES string of the molecule is Cc1cc(-c2nnn(C[C@H]3CC[C@H](CO)CC3)n2)cc(C(=O)NCc2cccc(OC(F)(F)F)c2)n1. The topological polar surface area (TPSA) is 115 Å². The number of aliphatic hydroxyl groups excluding tert-OH is 1. The number of aromatic nitrogens is 5. The predicted molar refractivity (Wildman–Crippen MR) is 123 cm³/mol. The molecule has 1 aliphatic rings. The van der Waals surface area contributed by atoms with Crippen LogP contribution in [0.25, 0.3) is 11.4 Å². The molecule has 2 heterocycles. The number of hydrogen-bond donors (Lipinski definition) is 2. The first-order valence-electron chi connectivity index (χ1n) is 11.7. The van der Waals surface area contributed by atoms with Gasteiger partial charge in [-0.2, -0.15) is 4.80 Å². The van der Waals surface area contributed by atoms with Crippen molar-refractivity contribution in [2.45, 2.75) is 52.1 Å². The number of carbonyl (C=O) groups excluding carboxylic acids is 1. The molecule has 1 aliphatic carbocycles. The molecule has 0 atom stereocenters. The average Bonchev–Trinajstić information content (AvgIpc) is 3.30. The van der Waals surface area contributed by atoms with Crippen molar-refractivity contribution in [1.82, 2.24) is 30.5 Å². The maximum Gasteiger partial charge on any atom is 0.573 e. The first kappa shape index (κ1) is 25.5. The van der Waals surface area contributed by atoms with Crippen LogP contribution >= 0.6 is 0 Å². The molecule has 1 aromatic carbocycles. The highest BCUT2D eigenvalue weighted by Gasteiger charge is 2.31. The molecule has 2 aromatic heterocycles. The number of rotatable bonds is 8. The molecule has 9 nitrogen and oxygen atoms in total. The van der Waals surface area contributed by atoms with Gasteiger partial charge in [0.15, 0.2) is 0 Å². The summed E-state index contributed by atoms with van der Waals surface area (Å²) in [4.78, 5) is 18.5. The van der Waals surface area contributed by atoms with Crippen molar-refractivity contribution >= 4 is 5.91 Å². The van der Waals surface area contributed by atoms with Crippen molar-refractivity contribution in [3.63, 3.8) is 0 Å². The van der Waals surface area contributed by atoms with E-state index in [0.717, 1.165) is 25.7 Å². The molecule has 2 N–H and O–H groups in total. The third-order valence-corrected chi connectivity index (χ3v) is 6.13. The standard InChI is InChI=1S/C24H27F3N6O3/c1-15-9-19(22-30-32-33(31-22)13-16-5-7-17(14-34)8-6-16)11-21(29-15)23(35)28-12-18-3-2-4-20(10-18)36-24(25,26)27/h2-4,9-11,16-17,34H,5-8,12-14H2,1H3,(H,28,35)/t16-,17-. The van der Waals surface area contributed by atoms with Gasteiger partial charge >= 0.3 is 6.36 Å². The van der Waals surface area contributed by atoms with E-state index in [1.165, 1.54) is 18.2 Å². The molecule has 4 rings (SSSR count). The summed E-state index contributed by atoms with van der Waals surface area (Å²) < 4.78 is 41.3. The molecule has 1 amide bonds. The second-order valence-electron chi connectivity index (χ2n) is 9.00. The van der Waals surface area contributed by atoms with Crippen LogP contribution in [0.1, 0.15) is 47.4 Å². The van der Waals surface area contributed by atoms with Gasteiger partial charge in [0.25, 0.3) is 5.91 Å². The van der Waals surface area contributed by atoms with Crippen LogP contribution in [0.2, 0.25) is 0 Å². The number of ether oxygens (including phenoxy) is 1. The third-order valence-electron chi connectivity index (χ3n) is 6.13. The maximum absolute atomic E-state index is 12.7. The highest BCUT2D eigenvalue weighted by molar-refractivity contribution is 5.93. The summed E-state index contributed by atoms with van der Waals surface area (Å²) in [5.41, 5.74) is 1.74. The lowest BCUT2D eigenvalue weighted by Gasteiger charge is -2.26. The Morgan fingerprint density at radius 2 is 1.92 bits per heavy atom. The van der Waals surface area contributed by atoms with Crippen LogP contribution in [0.4, 0.5) is 13.2 Å². The molecule has 3 aromatic rings. The van der Waals surface area contributed by atoms with E-state index in [0.29, 0.717) is 41.0 Å². The summed E-state index contributed by atoms with van der Waals surface area (Å²) >= 11 is 0. The van der Waals surface area contributed by atoms with E-state index in [2.05, 4.69) is 30.4 Å². The number of benzene rings is 1. The summed E-state index contributed by atoms with van der Waals surface area (Å²) in [5, 5.41) is 24.7. The number of nitrogens with zero attached hydrogens (tertiary/aromatic N) is 5. The van der Waals surface area contributed by atoms with E-state index in [9.17, 15) is 23.1 Å². The number of halogens is 3. The molecular weight excluding hydrogens is 477 g/mol. The zero-order chi connectivity index (χ0) is 25.7. The Labute approximate surface area is 205 Å². The highest BCUT2D eigenvalue weighted by Crippen LogP contribution is 2.29. The van der Waals surface area contributed by atoms with Crippen LogP contribution in [0.15, 0.2) is 36.4 Å². The fourth-order valence-corrected chi connectivity index (χ4v) is 4.30. The van der Waals surface area contributed by atoms with Gasteiger partial charge in [-0.15, -0.1) is 23.4 Å². The van der Waals surface area contributed by atoms with E-state index in [-0.39, 0.29) is 24.6 Å². The van der Waals surface area contributed by atoms with Crippen molar-refractivity contribution in [2.24, 2.45) is 11.8 Å². The van der Waals surface area contributed by atoms with E-state index in [4.69, 9.17) is 0 Å². The smallest absolute Gasteiger partial charge is 0.406 e. The van der Waals surface area contributed by atoms with Crippen molar-refractivity contribution in [3.8, 4) is 17.1 Å². The van der Waals surface area contributed by atoms with Crippen molar-refractivity contribution in [2.75, 3.05) is 6.61 Å². The lowest BCUT2D eigenvalue weighted by atomic mass is 9.82. The number of nitrogens with one attached hydrogen (secondary N) is 1. The van der Waals surface area contributed by atoms with Gasteiger partial charge in [-0.3, -0.25) is 4.79 Å². The van der Waals surface area contributed by atoms with Crippen LogP contribution in [0, 0.1) is 18.8 Å². The van der Waals surface area contributed by atoms with Gasteiger partial charge in [0.1, 0.15) is 11.4 Å². The summed E-state index contributed by atoms with van der Waals surface area (Å²) in [5.74, 6) is 0.323. The second-order valence-corrected chi connectivity index (χ2v) is 9.00. The first-order valence-corrected chi connectivity index (χ1v) is 11.7. The molecule has 0 spiro atoms. The van der Waals surface area contributed by atoms with E-state index < -0.39 is 12.3 Å². The van der Waals surface area contributed by atoms with Gasteiger partial charge in [-0.25, -0.2) is 4.98 Å². The average molecular weight is 505 g/mol. The highest BCUT2D eigenvalue weighted by atomic mass is 19.4. The lowest BCUT2D eigenvalue weighted by molar-refractivity contribution is -0.274. The molecule has 0 saturated heterocycles. The molecular formula is C24H27F3N6O3. The Bertz CT molecular complexity index is 1190. The number of hydrogen-bond acceptors (Lipinski definition) is 7. The maximum atomic E-state index is 12.7. The first-order chi connectivity index (χ1) is 17.2. The minimum atomic E-state index is -4.79. The molecule has 192 valence electrons. The minimum absolute atomic E-state index is 0.00813. The number of carbonyl (C=O) groups is 1. The van der Waals surface area contributed by atoms with Gasteiger partial charge in [-0.05, 0) is 79.5 Å². The lowest BCUT2D eigenvalue weighted by Crippen LogP contribution is -2.24. The van der Waals surface area contributed by atoms with Gasteiger partial charge in [0.05, 0.1) is 6.54 Å². The van der Waals surface area contributed by atoms with Gasteiger partial charge in [0, 0.05) is 24.4 Å². The second kappa shape index (κ2) is 11.0. The van der Waals surface area contributed by atoms with Crippen LogP contribution in [-0.4, -0.2) is 49.2 Å². The fraction of sp³-hybridized carbons (Fsp3) is 0.458. The quantitative estimate of drug-likeness (QED) is 0.481. The van der Waals surface area contributed by atoms with Crippen LogP contribution in [0.5, 0.6) is 5.75 Å². The largest absolute Gasteiger partial charge is 0.573 e. The van der Waals surface area contributed by atoms with Crippen molar-refractivity contribution < 1.29 is 27.8 Å². The van der Waals surface area contributed by atoms with Crippen LogP contribution in [0.3, 0.4) is 0 Å². The number of tetrazole rings is 1. The zero-order valence-corrected chi connectivity index (χ0v) is 19.7. The Morgan fingerprint density at radius 1 is 1.17 bits per heavy atom. The van der Waals surface area contributed by atoms with Gasteiger partial charge < -0.3 is 15.2 Å². The Morgan fingerprint density at radius 3 is 2.64 bits per heavy atom. The molecule has 0 bridgehead atoms. The van der Waals surface area contributed by atoms with Crippen LogP contribution in [-0.2, 0) is 13.1 Å². The van der Waals surface area contributed by atoms with Gasteiger partial charge in [-0.1, -0.05) is 12.1 Å². The molecule has 36 heavy (non-hydrogen) atoms. The molecule has 1 saturated carbocycles. The number of aryl methyl sites for hydroxylation is 1. The number of pyridine rings is 1. The van der Waals surface area contributed by atoms with Crippen LogP contribution < -0.4 is 10.1 Å². The molecule has 1 fully saturated rings. The summed E-state index contributed by atoms with van der Waals surface area (Å²) in [6.45, 7) is 2.60. The third kappa shape index (κ3) is 7.00. The molecule has 0 radical (unpaired) electrons. The zero-order valence-electron chi connectivity index (χ0n) is 19.7. The monoisotopic (exact) mass is 504 g/mol. The van der Waals surface area contributed by atoms with Gasteiger partial charge in [0.2, 0.25) is 5.82 Å². The van der Waals surface area contributed by atoms with Crippen molar-refractivity contribution in [3.05, 3.63) is 53.3 Å². The normalized spacial score (nSPS) is 18.1. The molecule has 0 aliphatic heterocycles. The van der Waals surface area contributed by atoms with Crippen molar-refractivity contribution in [1.29, 1.82) is 0 Å². The molecule has 0 unspecified atom stereocenters. The Hall–Kier alpha value is -3.54. The van der Waals surface area contributed by atoms with E-state index in [1.54, 1.807) is 29.9 Å². The number of alkyl halides is 3. The Balaban J connectivity index is 1.39. The fourth-order valence-electron chi connectivity index (χ4n) is 4.30. The number of amides is 1.